The summed E-state index contributed by atoms with van der Waals surface area (Å²) in [6.07, 6.45) is 2.92. The highest BCUT2D eigenvalue weighted by Crippen LogP contribution is 2.18. The number of anilines is 1. The zero-order valence-corrected chi connectivity index (χ0v) is 11.0. The smallest absolute Gasteiger partial charge is 0.0651 e. The highest BCUT2D eigenvalue weighted by atomic mass is 15.1. The second-order valence-electron chi connectivity index (χ2n) is 4.65. The Labute approximate surface area is 112 Å². The second kappa shape index (κ2) is 5.14. The van der Waals surface area contributed by atoms with Gasteiger partial charge in [-0.05, 0) is 35.7 Å². The van der Waals surface area contributed by atoms with Crippen molar-refractivity contribution in [1.82, 2.24) is 10.2 Å². The number of hydrogen-bond acceptors (Lipinski definition) is 2. The lowest BCUT2D eigenvalue weighted by Gasteiger charge is -2.10. The third kappa shape index (κ3) is 2.45. The molecule has 0 saturated carbocycles. The predicted octanol–water partition coefficient (Wildman–Crippen LogP) is 3.74. The summed E-state index contributed by atoms with van der Waals surface area (Å²) in [7, 11) is 0. The van der Waals surface area contributed by atoms with E-state index in [-0.39, 0.29) is 0 Å². The van der Waals surface area contributed by atoms with E-state index in [2.05, 4.69) is 64.9 Å². The molecule has 0 unspecified atom stereocenters. The highest BCUT2D eigenvalue weighted by molar-refractivity contribution is 5.81. The third-order valence-corrected chi connectivity index (χ3v) is 3.42. The third-order valence-electron chi connectivity index (χ3n) is 3.42. The number of fused-ring (bicyclic) bond motifs is 1. The van der Waals surface area contributed by atoms with E-state index in [0.29, 0.717) is 0 Å². The zero-order valence-electron chi connectivity index (χ0n) is 11.0. The van der Waals surface area contributed by atoms with E-state index in [9.17, 15) is 0 Å². The summed E-state index contributed by atoms with van der Waals surface area (Å²) in [4.78, 5) is 0. The number of H-pyrrole nitrogens is 1. The molecule has 0 atom stereocenters. The van der Waals surface area contributed by atoms with Crippen LogP contribution in [0.1, 0.15) is 18.1 Å². The Balaban J connectivity index is 1.78. The molecule has 19 heavy (non-hydrogen) atoms. The minimum absolute atomic E-state index is 0.855. The van der Waals surface area contributed by atoms with Gasteiger partial charge in [0, 0.05) is 17.6 Å². The SMILES string of the molecule is CCc1ccccc1CNc1ccc2[nH]ncc2c1. The van der Waals surface area contributed by atoms with Gasteiger partial charge in [-0.3, -0.25) is 5.10 Å². The number of aromatic nitrogens is 2. The molecule has 0 saturated heterocycles. The summed E-state index contributed by atoms with van der Waals surface area (Å²) in [6, 6.07) is 14.8. The lowest BCUT2D eigenvalue weighted by atomic mass is 10.1. The van der Waals surface area contributed by atoms with Crippen LogP contribution in [0.5, 0.6) is 0 Å². The molecule has 2 N–H and O–H groups in total. The molecule has 1 heterocycles. The summed E-state index contributed by atoms with van der Waals surface area (Å²) < 4.78 is 0. The van der Waals surface area contributed by atoms with Gasteiger partial charge in [-0.2, -0.15) is 5.10 Å². The van der Waals surface area contributed by atoms with Crippen molar-refractivity contribution in [2.75, 3.05) is 5.32 Å². The quantitative estimate of drug-likeness (QED) is 0.741. The fourth-order valence-electron chi connectivity index (χ4n) is 2.32. The van der Waals surface area contributed by atoms with Crippen molar-refractivity contribution in [3.8, 4) is 0 Å². The maximum atomic E-state index is 4.04. The molecule has 96 valence electrons. The van der Waals surface area contributed by atoms with Crippen LogP contribution < -0.4 is 5.32 Å². The summed E-state index contributed by atoms with van der Waals surface area (Å²) >= 11 is 0. The maximum Gasteiger partial charge on any atom is 0.0651 e. The molecule has 0 radical (unpaired) electrons. The molecule has 0 bridgehead atoms. The lowest BCUT2D eigenvalue weighted by Crippen LogP contribution is -2.02. The zero-order chi connectivity index (χ0) is 13.1. The topological polar surface area (TPSA) is 40.7 Å². The normalized spacial score (nSPS) is 10.8. The molecule has 0 aliphatic heterocycles. The van der Waals surface area contributed by atoms with Crippen molar-refractivity contribution in [2.24, 2.45) is 0 Å². The standard InChI is InChI=1S/C16H17N3/c1-2-12-5-3-4-6-13(12)10-17-15-7-8-16-14(9-15)11-18-19-16/h3-9,11,17H,2,10H2,1H3,(H,18,19). The first-order valence-electron chi connectivity index (χ1n) is 6.60. The van der Waals surface area contributed by atoms with Crippen molar-refractivity contribution < 1.29 is 0 Å². The van der Waals surface area contributed by atoms with Gasteiger partial charge in [0.1, 0.15) is 0 Å². The molecule has 3 aromatic rings. The average Bonchev–Trinajstić information content (AvgIpc) is 2.93. The Morgan fingerprint density at radius 1 is 1.11 bits per heavy atom. The Morgan fingerprint density at radius 2 is 1.95 bits per heavy atom. The van der Waals surface area contributed by atoms with Crippen molar-refractivity contribution >= 4 is 16.6 Å². The van der Waals surface area contributed by atoms with Crippen molar-refractivity contribution in [3.05, 3.63) is 59.8 Å². The van der Waals surface area contributed by atoms with Crippen LogP contribution in [0.15, 0.2) is 48.7 Å². The van der Waals surface area contributed by atoms with Crippen LogP contribution in [0.4, 0.5) is 5.69 Å². The van der Waals surface area contributed by atoms with E-state index in [0.717, 1.165) is 29.6 Å². The van der Waals surface area contributed by atoms with Gasteiger partial charge in [0.2, 0.25) is 0 Å². The first-order valence-corrected chi connectivity index (χ1v) is 6.60. The van der Waals surface area contributed by atoms with Crippen LogP contribution in [0.2, 0.25) is 0 Å². The second-order valence-corrected chi connectivity index (χ2v) is 4.65. The van der Waals surface area contributed by atoms with Gasteiger partial charge in [0.15, 0.2) is 0 Å². The number of nitrogens with one attached hydrogen (secondary N) is 2. The molecule has 3 rings (SSSR count). The van der Waals surface area contributed by atoms with E-state index in [1.54, 1.807) is 0 Å². The van der Waals surface area contributed by atoms with Crippen molar-refractivity contribution in [1.29, 1.82) is 0 Å². The Morgan fingerprint density at radius 3 is 2.79 bits per heavy atom. The molecule has 2 aromatic carbocycles. The number of hydrogen-bond donors (Lipinski definition) is 2. The van der Waals surface area contributed by atoms with Crippen LogP contribution >= 0.6 is 0 Å². The summed E-state index contributed by atoms with van der Waals surface area (Å²) in [6.45, 7) is 3.05. The molecule has 0 aliphatic carbocycles. The van der Waals surface area contributed by atoms with Crippen LogP contribution in [-0.2, 0) is 13.0 Å². The first-order chi connectivity index (χ1) is 9.36. The number of benzene rings is 2. The first kappa shape index (κ1) is 11.8. The average molecular weight is 251 g/mol. The Bertz CT molecular complexity index is 685. The number of aromatic amines is 1. The van der Waals surface area contributed by atoms with Gasteiger partial charge < -0.3 is 5.32 Å². The fraction of sp³-hybridized carbons (Fsp3) is 0.188. The molecular formula is C16H17N3. The van der Waals surface area contributed by atoms with Gasteiger partial charge in [-0.15, -0.1) is 0 Å². The molecule has 0 fully saturated rings. The molecule has 0 spiro atoms. The van der Waals surface area contributed by atoms with Gasteiger partial charge in [0.25, 0.3) is 0 Å². The molecule has 0 amide bonds. The van der Waals surface area contributed by atoms with Crippen LogP contribution in [0.25, 0.3) is 10.9 Å². The number of aryl methyl sites for hydroxylation is 1. The molecule has 0 aliphatic rings. The Kier molecular flexibility index (Phi) is 3.19. The van der Waals surface area contributed by atoms with Crippen molar-refractivity contribution in [3.63, 3.8) is 0 Å². The predicted molar refractivity (Wildman–Crippen MR) is 79.2 cm³/mol. The minimum Gasteiger partial charge on any atom is -0.381 e. The van der Waals surface area contributed by atoms with Crippen molar-refractivity contribution in [2.45, 2.75) is 19.9 Å². The van der Waals surface area contributed by atoms with E-state index in [1.165, 1.54) is 11.1 Å². The van der Waals surface area contributed by atoms with Gasteiger partial charge in [0.05, 0.1) is 11.7 Å². The van der Waals surface area contributed by atoms with Gasteiger partial charge in [-0.1, -0.05) is 31.2 Å². The molecule has 1 aromatic heterocycles. The summed E-state index contributed by atoms with van der Waals surface area (Å²) in [5.41, 5.74) is 4.95. The maximum absolute atomic E-state index is 4.04. The van der Waals surface area contributed by atoms with Crippen LogP contribution in [-0.4, -0.2) is 10.2 Å². The molecule has 3 nitrogen and oxygen atoms in total. The van der Waals surface area contributed by atoms with Crippen LogP contribution in [0, 0.1) is 0 Å². The van der Waals surface area contributed by atoms with E-state index < -0.39 is 0 Å². The van der Waals surface area contributed by atoms with Crippen LogP contribution in [0.3, 0.4) is 0 Å². The minimum atomic E-state index is 0.855. The number of rotatable bonds is 4. The van der Waals surface area contributed by atoms with E-state index in [1.807, 2.05) is 6.20 Å². The molecular weight excluding hydrogens is 234 g/mol. The Hall–Kier alpha value is -2.29. The summed E-state index contributed by atoms with van der Waals surface area (Å²) in [5, 5.41) is 11.6. The van der Waals surface area contributed by atoms with E-state index >= 15 is 0 Å². The monoisotopic (exact) mass is 251 g/mol. The van der Waals surface area contributed by atoms with E-state index in [4.69, 9.17) is 0 Å². The number of nitrogens with zero attached hydrogens (tertiary/aromatic N) is 1. The van der Waals surface area contributed by atoms with Gasteiger partial charge in [-0.25, -0.2) is 0 Å². The fourth-order valence-corrected chi connectivity index (χ4v) is 2.32. The summed E-state index contributed by atoms with van der Waals surface area (Å²) in [5.74, 6) is 0. The molecule has 3 heteroatoms. The highest BCUT2D eigenvalue weighted by Gasteiger charge is 2.01. The largest absolute Gasteiger partial charge is 0.381 e. The lowest BCUT2D eigenvalue weighted by molar-refractivity contribution is 1.04. The van der Waals surface area contributed by atoms with Gasteiger partial charge >= 0.3 is 0 Å².